The molecule has 0 unspecified atom stereocenters. The molecule has 0 bridgehead atoms. The highest BCUT2D eigenvalue weighted by Gasteiger charge is 2.30. The Labute approximate surface area is 189 Å². The van der Waals surface area contributed by atoms with Crippen molar-refractivity contribution in [2.45, 2.75) is 39.7 Å². The van der Waals surface area contributed by atoms with Gasteiger partial charge < -0.3 is 0 Å². The molecule has 0 aliphatic carbocycles. The van der Waals surface area contributed by atoms with E-state index in [0.717, 1.165) is 36.6 Å². The molecule has 7 nitrogen and oxygen atoms in total. The Bertz CT molecular complexity index is 1110. The zero-order chi connectivity index (χ0) is 21.9. The molecule has 0 N–H and O–H groups in total. The summed E-state index contributed by atoms with van der Waals surface area (Å²) in [4.78, 5) is 5.19. The molecule has 2 aliphatic heterocycles. The van der Waals surface area contributed by atoms with E-state index in [2.05, 4.69) is 87.9 Å². The van der Waals surface area contributed by atoms with Crippen molar-refractivity contribution in [3.63, 3.8) is 0 Å². The summed E-state index contributed by atoms with van der Waals surface area (Å²) in [6.07, 6.45) is 5.39. The van der Waals surface area contributed by atoms with Gasteiger partial charge >= 0.3 is 0 Å². The number of piperidine rings is 1. The van der Waals surface area contributed by atoms with Gasteiger partial charge in [-0.1, -0.05) is 66.1 Å². The molecule has 5 rings (SSSR count). The summed E-state index contributed by atoms with van der Waals surface area (Å²) in [5, 5.41) is 16.6. The third-order valence-electron chi connectivity index (χ3n) is 6.14. The van der Waals surface area contributed by atoms with Gasteiger partial charge in [0.1, 0.15) is 6.33 Å². The Morgan fingerprint density at radius 3 is 2.09 bits per heavy atom. The quantitative estimate of drug-likeness (QED) is 0.616. The van der Waals surface area contributed by atoms with Crippen LogP contribution in [0, 0.1) is 13.8 Å². The lowest BCUT2D eigenvalue weighted by Crippen LogP contribution is -2.48. The summed E-state index contributed by atoms with van der Waals surface area (Å²) in [5.41, 5.74) is 8.06. The van der Waals surface area contributed by atoms with Gasteiger partial charge in [-0.15, -0.1) is 5.10 Å². The lowest BCUT2D eigenvalue weighted by Gasteiger charge is -2.43. The summed E-state index contributed by atoms with van der Waals surface area (Å²) < 4.78 is 1.75. The van der Waals surface area contributed by atoms with Crippen LogP contribution in [-0.4, -0.2) is 55.6 Å². The zero-order valence-electron chi connectivity index (χ0n) is 18.8. The average molecular weight is 428 g/mol. The summed E-state index contributed by atoms with van der Waals surface area (Å²) in [5.74, 6) is 0. The number of aryl methyl sites for hydroxylation is 2. The van der Waals surface area contributed by atoms with Gasteiger partial charge in [0.25, 0.3) is 0 Å². The smallest absolute Gasteiger partial charge is 0.138 e. The topological polar surface area (TPSA) is 62.4 Å². The number of hydrogen-bond acceptors (Lipinski definition) is 6. The van der Waals surface area contributed by atoms with E-state index in [1.54, 1.807) is 11.0 Å². The molecule has 3 aromatic rings. The van der Waals surface area contributed by atoms with Crippen molar-refractivity contribution in [1.29, 1.82) is 0 Å². The van der Waals surface area contributed by atoms with Crippen LogP contribution in [0.5, 0.6) is 0 Å². The van der Waals surface area contributed by atoms with Crippen molar-refractivity contribution in [1.82, 2.24) is 30.2 Å². The molecule has 164 valence electrons. The van der Waals surface area contributed by atoms with Crippen molar-refractivity contribution in [2.24, 2.45) is 4.99 Å². The second kappa shape index (κ2) is 9.04. The van der Waals surface area contributed by atoms with Gasteiger partial charge in [-0.25, -0.2) is 9.69 Å². The molecule has 1 fully saturated rings. The van der Waals surface area contributed by atoms with Crippen molar-refractivity contribution < 1.29 is 0 Å². The number of nitrogens with zero attached hydrogens (tertiary/aromatic N) is 7. The maximum Gasteiger partial charge on any atom is 0.138 e. The van der Waals surface area contributed by atoms with E-state index in [1.165, 1.54) is 41.6 Å². The molecule has 0 saturated carbocycles. The van der Waals surface area contributed by atoms with Crippen LogP contribution in [0.1, 0.15) is 41.5 Å². The second-order valence-corrected chi connectivity index (χ2v) is 8.69. The highest BCUT2D eigenvalue weighted by atomic mass is 15.6. The minimum absolute atomic E-state index is 0.577. The van der Waals surface area contributed by atoms with Crippen molar-refractivity contribution in [3.8, 4) is 0 Å². The summed E-state index contributed by atoms with van der Waals surface area (Å²) >= 11 is 0. The number of hydrazine groups is 1. The summed E-state index contributed by atoms with van der Waals surface area (Å²) in [7, 11) is 0. The van der Waals surface area contributed by atoms with Gasteiger partial charge in [-0.3, -0.25) is 10.0 Å². The first-order valence-electron chi connectivity index (χ1n) is 11.4. The van der Waals surface area contributed by atoms with Crippen molar-refractivity contribution in [2.75, 3.05) is 19.6 Å². The van der Waals surface area contributed by atoms with Crippen LogP contribution < -0.4 is 0 Å². The number of benzene rings is 2. The number of rotatable bonds is 5. The number of hydrogen-bond donors (Lipinski definition) is 0. The van der Waals surface area contributed by atoms with Gasteiger partial charge in [0.2, 0.25) is 0 Å². The molecule has 2 aliphatic rings. The third-order valence-corrected chi connectivity index (χ3v) is 6.14. The van der Waals surface area contributed by atoms with Crippen LogP contribution in [0.2, 0.25) is 0 Å². The van der Waals surface area contributed by atoms with E-state index in [-0.39, 0.29) is 0 Å². The minimum atomic E-state index is 0.577. The number of aromatic nitrogens is 4. The van der Waals surface area contributed by atoms with E-state index < -0.39 is 0 Å². The molecule has 0 spiro atoms. The molecule has 0 amide bonds. The largest absolute Gasteiger partial charge is 0.297 e. The maximum atomic E-state index is 5.19. The monoisotopic (exact) mass is 427 g/mol. The first-order valence-corrected chi connectivity index (χ1v) is 11.4. The summed E-state index contributed by atoms with van der Waals surface area (Å²) in [6.45, 7) is 7.69. The molecule has 0 radical (unpaired) electrons. The van der Waals surface area contributed by atoms with Gasteiger partial charge in [0.15, 0.2) is 0 Å². The van der Waals surface area contributed by atoms with Gasteiger partial charge in [-0.2, -0.15) is 0 Å². The molecular weight excluding hydrogens is 398 g/mol. The number of aliphatic imine (C=N–C) groups is 1. The van der Waals surface area contributed by atoms with E-state index in [0.29, 0.717) is 6.54 Å². The Kier molecular flexibility index (Phi) is 5.81. The first kappa shape index (κ1) is 20.6. The zero-order valence-corrected chi connectivity index (χ0v) is 18.8. The molecule has 7 heteroatoms. The van der Waals surface area contributed by atoms with E-state index in [1.807, 2.05) is 0 Å². The fourth-order valence-corrected chi connectivity index (χ4v) is 4.42. The third kappa shape index (κ3) is 4.34. The van der Waals surface area contributed by atoms with E-state index in [4.69, 9.17) is 4.99 Å². The molecule has 0 atom stereocenters. The van der Waals surface area contributed by atoms with Crippen LogP contribution in [0.3, 0.4) is 0 Å². The van der Waals surface area contributed by atoms with Crippen LogP contribution in [0.4, 0.5) is 0 Å². The van der Waals surface area contributed by atoms with E-state index in [9.17, 15) is 0 Å². The molecule has 2 aromatic carbocycles. The predicted molar refractivity (Wildman–Crippen MR) is 127 cm³/mol. The normalized spacial score (nSPS) is 17.6. The highest BCUT2D eigenvalue weighted by molar-refractivity contribution is 6.01. The van der Waals surface area contributed by atoms with Crippen LogP contribution in [-0.2, 0) is 6.54 Å². The van der Waals surface area contributed by atoms with E-state index >= 15 is 0 Å². The molecule has 1 aromatic heterocycles. The standard InChI is InChI=1S/C25H29N7/c1-19-6-10-21(11-7-19)24-25(22-12-8-20(2)9-13-22)32(31-14-4-3-5-15-31)17-23(27-24)16-30-18-26-28-29-30/h6-13,18H,3-5,14-17H2,1-2H3. The SMILES string of the molecule is Cc1ccc(C2=C(c3ccc(C)cc3)N(N3CCCCC3)CC(Cn3cnnn3)=N2)cc1. The Hall–Kier alpha value is -3.32. The van der Waals surface area contributed by atoms with Crippen molar-refractivity contribution in [3.05, 3.63) is 77.1 Å². The summed E-state index contributed by atoms with van der Waals surface area (Å²) in [6, 6.07) is 17.5. The number of tetrazole rings is 1. The van der Waals surface area contributed by atoms with Gasteiger partial charge in [0, 0.05) is 24.2 Å². The Balaban J connectivity index is 1.66. The molecule has 3 heterocycles. The fraction of sp³-hybridized carbons (Fsp3) is 0.360. The Morgan fingerprint density at radius 2 is 1.47 bits per heavy atom. The second-order valence-electron chi connectivity index (χ2n) is 8.69. The highest BCUT2D eigenvalue weighted by Crippen LogP contribution is 2.36. The lowest BCUT2D eigenvalue weighted by molar-refractivity contribution is 0.0273. The van der Waals surface area contributed by atoms with Crippen LogP contribution in [0.15, 0.2) is 59.9 Å². The van der Waals surface area contributed by atoms with Crippen molar-refractivity contribution >= 4 is 17.1 Å². The maximum absolute atomic E-state index is 5.19. The van der Waals surface area contributed by atoms with Gasteiger partial charge in [-0.05, 0) is 37.1 Å². The molecule has 32 heavy (non-hydrogen) atoms. The minimum Gasteiger partial charge on any atom is -0.297 e. The first-order chi connectivity index (χ1) is 15.7. The molecular formula is C25H29N7. The molecule has 1 saturated heterocycles. The Morgan fingerprint density at radius 1 is 0.812 bits per heavy atom. The van der Waals surface area contributed by atoms with Crippen LogP contribution >= 0.6 is 0 Å². The van der Waals surface area contributed by atoms with Crippen LogP contribution in [0.25, 0.3) is 11.4 Å². The lowest BCUT2D eigenvalue weighted by atomic mass is 10.0. The van der Waals surface area contributed by atoms with Gasteiger partial charge in [0.05, 0.1) is 30.2 Å². The fourth-order valence-electron chi connectivity index (χ4n) is 4.42. The average Bonchev–Trinajstić information content (AvgIpc) is 3.33. The predicted octanol–water partition coefficient (Wildman–Crippen LogP) is 3.97.